The predicted octanol–water partition coefficient (Wildman–Crippen LogP) is 2.64. The van der Waals surface area contributed by atoms with E-state index < -0.39 is 29.7 Å². The first-order valence-electron chi connectivity index (χ1n) is 5.47. The van der Waals surface area contributed by atoms with Crippen LogP contribution in [0.15, 0.2) is 39.6 Å². The van der Waals surface area contributed by atoms with Gasteiger partial charge in [-0.25, -0.2) is 13.6 Å². The van der Waals surface area contributed by atoms with Gasteiger partial charge in [0.05, 0.1) is 11.0 Å². The van der Waals surface area contributed by atoms with Crippen molar-refractivity contribution in [2.45, 2.75) is 6.54 Å². The molecule has 0 spiro atoms. The second-order valence-electron chi connectivity index (χ2n) is 3.96. The average molecular weight is 344 g/mol. The van der Waals surface area contributed by atoms with Gasteiger partial charge in [0.2, 0.25) is 0 Å². The van der Waals surface area contributed by atoms with Crippen molar-refractivity contribution >= 4 is 21.9 Å². The van der Waals surface area contributed by atoms with E-state index in [9.17, 15) is 18.4 Å². The number of nitrogens with zero attached hydrogens (tertiary/aromatic N) is 1. The molecule has 2 aromatic rings. The van der Waals surface area contributed by atoms with Crippen molar-refractivity contribution in [2.75, 3.05) is 0 Å². The lowest BCUT2D eigenvalue weighted by atomic mass is 10.2. The first-order chi connectivity index (χ1) is 9.41. The van der Waals surface area contributed by atoms with E-state index in [1.165, 1.54) is 18.2 Å². The van der Waals surface area contributed by atoms with Gasteiger partial charge >= 0.3 is 5.97 Å². The van der Waals surface area contributed by atoms with Gasteiger partial charge in [-0.2, -0.15) is 0 Å². The van der Waals surface area contributed by atoms with Crippen molar-refractivity contribution < 1.29 is 18.7 Å². The highest BCUT2D eigenvalue weighted by Gasteiger charge is 2.17. The maximum atomic E-state index is 13.9. The maximum absolute atomic E-state index is 13.9. The second kappa shape index (κ2) is 5.54. The third kappa shape index (κ3) is 2.62. The quantitative estimate of drug-likeness (QED) is 0.871. The van der Waals surface area contributed by atoms with Crippen LogP contribution >= 0.6 is 15.9 Å². The van der Waals surface area contributed by atoms with Crippen LogP contribution in [0, 0.1) is 11.6 Å². The molecule has 104 valence electrons. The summed E-state index contributed by atoms with van der Waals surface area (Å²) < 4.78 is 28.4. The van der Waals surface area contributed by atoms with E-state index >= 15 is 0 Å². The smallest absolute Gasteiger partial charge is 0.352 e. The van der Waals surface area contributed by atoms with Crippen molar-refractivity contribution in [3.63, 3.8) is 0 Å². The number of pyridine rings is 1. The van der Waals surface area contributed by atoms with Gasteiger partial charge in [0.25, 0.3) is 5.56 Å². The van der Waals surface area contributed by atoms with Gasteiger partial charge in [-0.1, -0.05) is 6.07 Å². The maximum Gasteiger partial charge on any atom is 0.352 e. The Hall–Kier alpha value is -2.02. The molecule has 7 heteroatoms. The number of hydrogen-bond acceptors (Lipinski definition) is 2. The molecular formula is C13H8BrF2NO3. The molecule has 1 heterocycles. The summed E-state index contributed by atoms with van der Waals surface area (Å²) in [5, 5.41) is 9.00. The molecule has 0 amide bonds. The molecule has 4 nitrogen and oxygen atoms in total. The highest BCUT2D eigenvalue weighted by molar-refractivity contribution is 9.10. The van der Waals surface area contributed by atoms with Crippen LogP contribution in [0.4, 0.5) is 8.78 Å². The van der Waals surface area contributed by atoms with Crippen LogP contribution in [-0.2, 0) is 6.54 Å². The molecule has 0 radical (unpaired) electrons. The number of rotatable bonds is 3. The number of hydrogen-bond donors (Lipinski definition) is 1. The van der Waals surface area contributed by atoms with Crippen molar-refractivity contribution in [2.24, 2.45) is 0 Å². The Bertz CT molecular complexity index is 743. The monoisotopic (exact) mass is 343 g/mol. The van der Waals surface area contributed by atoms with E-state index in [1.807, 2.05) is 0 Å². The molecule has 0 bridgehead atoms. The Balaban J connectivity index is 2.59. The molecule has 0 unspecified atom stereocenters. The Morgan fingerprint density at radius 1 is 1.25 bits per heavy atom. The predicted molar refractivity (Wildman–Crippen MR) is 70.8 cm³/mol. The fraction of sp³-hybridized carbons (Fsp3) is 0.0769. The number of aromatic carboxylic acids is 1. The zero-order valence-electron chi connectivity index (χ0n) is 9.94. The van der Waals surface area contributed by atoms with E-state index in [0.29, 0.717) is 0 Å². The summed E-state index contributed by atoms with van der Waals surface area (Å²) in [5.41, 5.74) is -1.37. The Morgan fingerprint density at radius 3 is 2.60 bits per heavy atom. The van der Waals surface area contributed by atoms with Crippen LogP contribution in [-0.4, -0.2) is 15.6 Å². The molecule has 0 fully saturated rings. The number of carboxylic acid groups (broad SMARTS) is 1. The van der Waals surface area contributed by atoms with Gasteiger partial charge < -0.3 is 5.11 Å². The average Bonchev–Trinajstić information content (AvgIpc) is 2.40. The highest BCUT2D eigenvalue weighted by atomic mass is 79.9. The summed E-state index contributed by atoms with van der Waals surface area (Å²) in [5.74, 6) is -3.06. The third-order valence-corrected chi connectivity index (χ3v) is 3.34. The number of carboxylic acids is 1. The van der Waals surface area contributed by atoms with Gasteiger partial charge in [-0.15, -0.1) is 0 Å². The number of carbonyl (C=O) groups is 1. The van der Waals surface area contributed by atoms with Crippen LogP contribution < -0.4 is 5.56 Å². The molecule has 0 saturated carbocycles. The van der Waals surface area contributed by atoms with Gasteiger partial charge in [0.15, 0.2) is 0 Å². The van der Waals surface area contributed by atoms with Crippen LogP contribution in [0.5, 0.6) is 0 Å². The second-order valence-corrected chi connectivity index (χ2v) is 4.82. The molecule has 0 saturated heterocycles. The molecule has 1 N–H and O–H groups in total. The summed E-state index contributed by atoms with van der Waals surface area (Å²) in [4.78, 5) is 22.7. The highest BCUT2D eigenvalue weighted by Crippen LogP contribution is 2.22. The summed E-state index contributed by atoms with van der Waals surface area (Å²) >= 11 is 2.91. The van der Waals surface area contributed by atoms with Crippen molar-refractivity contribution in [1.82, 2.24) is 4.57 Å². The number of halogens is 3. The topological polar surface area (TPSA) is 59.3 Å². The molecule has 0 aliphatic rings. The SMILES string of the molecule is O=C(O)c1cccc(=O)n1Cc1c(F)ccc(Br)c1F. The van der Waals surface area contributed by atoms with E-state index in [4.69, 9.17) is 5.11 Å². The molecule has 0 aliphatic heterocycles. The summed E-state index contributed by atoms with van der Waals surface area (Å²) in [6.07, 6.45) is 0. The lowest BCUT2D eigenvalue weighted by molar-refractivity contribution is 0.0684. The van der Waals surface area contributed by atoms with Gasteiger partial charge in [-0.3, -0.25) is 9.36 Å². The first kappa shape index (κ1) is 14.4. The van der Waals surface area contributed by atoms with Crippen molar-refractivity contribution in [3.05, 3.63) is 68.1 Å². The number of benzene rings is 1. The van der Waals surface area contributed by atoms with Gasteiger partial charge in [-0.05, 0) is 34.1 Å². The summed E-state index contributed by atoms with van der Waals surface area (Å²) in [6.45, 7) is -0.502. The standard InChI is InChI=1S/C13H8BrF2NO3/c14-8-4-5-9(15)7(12(8)16)6-17-10(13(19)20)2-1-3-11(17)18/h1-5H,6H2,(H,19,20). The van der Waals surface area contributed by atoms with Crippen LogP contribution in [0.3, 0.4) is 0 Å². The van der Waals surface area contributed by atoms with E-state index in [0.717, 1.165) is 16.7 Å². The minimum atomic E-state index is -1.35. The van der Waals surface area contributed by atoms with Crippen LogP contribution in [0.1, 0.15) is 16.1 Å². The summed E-state index contributed by atoms with van der Waals surface area (Å²) in [6, 6.07) is 5.82. The Labute approximate surface area is 120 Å². The molecule has 1 aromatic carbocycles. The molecule has 0 aliphatic carbocycles. The lowest BCUT2D eigenvalue weighted by Gasteiger charge is -2.11. The van der Waals surface area contributed by atoms with Crippen LogP contribution in [0.25, 0.3) is 0 Å². The van der Waals surface area contributed by atoms with Gasteiger partial charge in [0.1, 0.15) is 17.3 Å². The van der Waals surface area contributed by atoms with E-state index in [-0.39, 0.29) is 15.7 Å². The van der Waals surface area contributed by atoms with E-state index in [1.54, 1.807) is 0 Å². The third-order valence-electron chi connectivity index (χ3n) is 2.72. The zero-order chi connectivity index (χ0) is 14.9. The molecule has 1 aromatic heterocycles. The minimum absolute atomic E-state index is 0.0368. The Kier molecular flexibility index (Phi) is 3.99. The zero-order valence-corrected chi connectivity index (χ0v) is 11.5. The van der Waals surface area contributed by atoms with Crippen LogP contribution in [0.2, 0.25) is 0 Å². The molecular weight excluding hydrogens is 336 g/mol. The lowest BCUT2D eigenvalue weighted by Crippen LogP contribution is -2.26. The van der Waals surface area contributed by atoms with E-state index in [2.05, 4.69) is 15.9 Å². The fourth-order valence-electron chi connectivity index (χ4n) is 1.74. The molecule has 0 atom stereocenters. The van der Waals surface area contributed by atoms with Crippen molar-refractivity contribution in [1.29, 1.82) is 0 Å². The first-order valence-corrected chi connectivity index (χ1v) is 6.26. The normalized spacial score (nSPS) is 10.6. The van der Waals surface area contributed by atoms with Crippen molar-refractivity contribution in [3.8, 4) is 0 Å². The van der Waals surface area contributed by atoms with Gasteiger partial charge in [0, 0.05) is 11.6 Å². The Morgan fingerprint density at radius 2 is 1.95 bits per heavy atom. The molecule has 2 rings (SSSR count). The minimum Gasteiger partial charge on any atom is -0.477 e. The largest absolute Gasteiger partial charge is 0.477 e. The summed E-state index contributed by atoms with van der Waals surface area (Å²) in [7, 11) is 0. The fourth-order valence-corrected chi connectivity index (χ4v) is 2.11. The number of aromatic nitrogens is 1. The molecule has 20 heavy (non-hydrogen) atoms.